The van der Waals surface area contributed by atoms with E-state index >= 15 is 0 Å². The number of hydrogen-bond donors (Lipinski definition) is 0. The molecule has 7 nitrogen and oxygen atoms in total. The first-order valence-corrected chi connectivity index (χ1v) is 43.5. The molecule has 4 aromatic heterocycles. The van der Waals surface area contributed by atoms with Gasteiger partial charge >= 0.3 is 0 Å². The Balaban J connectivity index is -0.000000295. The Hall–Kier alpha value is -9.33. The molecule has 0 unspecified atom stereocenters. The minimum absolute atomic E-state index is 0.00914. The third-order valence-electron chi connectivity index (χ3n) is 15.1. The van der Waals surface area contributed by atoms with Crippen LogP contribution < -0.4 is 0 Å². The zero-order valence-electron chi connectivity index (χ0n) is 80.8. The molecule has 0 aliphatic heterocycles. The SMILES string of the molecule is CC.CC.CC.CC.CC.CC.CC.CC.CC.CC.CC.CC(C)(C)C/C=C/c1ccccc1.CC(C)(C)c1ccc(-c2ccccc2)cc1.CC(C)(C)c1ccc(-c2ccncc2)cc1.CC(C)(C)c1ccc(-c2cnccn2)cc1.CC(C)(C)c1cnc(-c2ccccc2)nc1.CC(C)(C)c1ncc(-c2ccccc2)cn1. The average Bonchev–Trinajstić information content (AvgIpc) is 0.863. The normalized spacial score (nSPS) is 9.91. The fourth-order valence-electron chi connectivity index (χ4n) is 9.15. The van der Waals surface area contributed by atoms with Gasteiger partial charge in [-0.1, -0.05) is 483 Å². The second-order valence-electron chi connectivity index (χ2n) is 29.6. The van der Waals surface area contributed by atoms with E-state index in [0.29, 0.717) is 5.41 Å². The van der Waals surface area contributed by atoms with Gasteiger partial charge in [0.05, 0.1) is 11.9 Å². The molecule has 7 aromatic carbocycles. The fourth-order valence-corrected chi connectivity index (χ4v) is 9.15. The Kier molecular flexibility index (Phi) is 69.9. The summed E-state index contributed by atoms with van der Waals surface area (Å²) in [5, 5.41) is 0. The monoisotopic (exact) mass is 1560 g/mol. The van der Waals surface area contributed by atoms with Gasteiger partial charge in [-0.25, -0.2) is 19.9 Å². The highest BCUT2D eigenvalue weighted by atomic mass is 14.9. The Bertz CT molecular complexity index is 3330. The summed E-state index contributed by atoms with van der Waals surface area (Å²) in [6, 6.07) is 71.3. The molecule has 0 aliphatic carbocycles. The lowest BCUT2D eigenvalue weighted by Crippen LogP contribution is -2.15. The van der Waals surface area contributed by atoms with E-state index in [1.54, 1.807) is 18.6 Å². The molecule has 7 heteroatoms. The van der Waals surface area contributed by atoms with Crippen molar-refractivity contribution in [2.24, 2.45) is 5.41 Å². The van der Waals surface area contributed by atoms with Crippen molar-refractivity contribution in [2.45, 2.75) is 310 Å². The van der Waals surface area contributed by atoms with Crippen molar-refractivity contribution >= 4 is 6.08 Å². The molecule has 11 rings (SSSR count). The molecular weight excluding hydrogens is 1400 g/mol. The van der Waals surface area contributed by atoms with Crippen LogP contribution in [0.1, 0.15) is 317 Å². The maximum atomic E-state index is 4.42. The van der Waals surface area contributed by atoms with E-state index in [1.807, 2.05) is 262 Å². The van der Waals surface area contributed by atoms with Gasteiger partial charge in [0.2, 0.25) is 0 Å². The number of benzene rings is 7. The van der Waals surface area contributed by atoms with Gasteiger partial charge in [0, 0.05) is 71.7 Å². The van der Waals surface area contributed by atoms with Gasteiger partial charge in [0.25, 0.3) is 0 Å². The Morgan fingerprint density at radius 1 is 0.226 bits per heavy atom. The van der Waals surface area contributed by atoms with Crippen molar-refractivity contribution in [3.05, 3.63) is 302 Å². The standard InChI is InChI=1S/C16H18.C15H17N.3C14H16N2.C13H18.11C2H6/c1-16(2,3)15-11-9-14(10-12-15)13-7-5-4-6-8-13;1-15(2,3)14-6-4-12(5-7-14)13-8-10-16-11-9-13;1-14(2,3)12-6-4-11(5-7-12)13-10-15-8-9-16-13;1-14(2,3)12-9-15-13(16-10-12)11-7-5-4-6-8-11;1-14(2,3)13-15-9-12(10-16-13)11-7-5-4-6-8-11;1-13(2,3)11-7-10-12-8-5-4-6-9-12;11*1-2/h4-12H,1-3H3;4-11H,1-3H3;3*4-10H,1-3H3;4-10H,11H2,1-3H3;11*1-2H3/b;;;;;10-7+;;;;;;;;;;;. The quantitative estimate of drug-likeness (QED) is 0.157. The van der Waals surface area contributed by atoms with Gasteiger partial charge in [0.1, 0.15) is 5.82 Å². The van der Waals surface area contributed by atoms with Crippen molar-refractivity contribution < 1.29 is 0 Å². The molecule has 0 spiro atoms. The van der Waals surface area contributed by atoms with Crippen LogP contribution in [0.3, 0.4) is 0 Å². The van der Waals surface area contributed by atoms with Gasteiger partial charge in [0.15, 0.2) is 5.82 Å². The Morgan fingerprint density at radius 2 is 0.522 bits per heavy atom. The van der Waals surface area contributed by atoms with E-state index in [0.717, 1.165) is 51.6 Å². The summed E-state index contributed by atoms with van der Waals surface area (Å²) in [6.07, 6.45) is 22.0. The van der Waals surface area contributed by atoms with Gasteiger partial charge in [-0.05, 0) is 101 Å². The minimum atomic E-state index is 0.00914. The largest absolute Gasteiger partial charge is 0.265 e. The smallest absolute Gasteiger partial charge is 0.159 e. The lowest BCUT2D eigenvalue weighted by molar-refractivity contribution is 0.421. The Labute approximate surface area is 710 Å². The molecule has 0 bridgehead atoms. The zero-order valence-corrected chi connectivity index (χ0v) is 80.8. The van der Waals surface area contributed by atoms with E-state index < -0.39 is 0 Å². The molecule has 634 valence electrons. The number of allylic oxidation sites excluding steroid dienone is 1. The summed E-state index contributed by atoms with van der Waals surface area (Å²) < 4.78 is 0. The highest BCUT2D eigenvalue weighted by molar-refractivity contribution is 5.65. The van der Waals surface area contributed by atoms with Crippen molar-refractivity contribution in [1.29, 1.82) is 0 Å². The van der Waals surface area contributed by atoms with Gasteiger partial charge in [-0.15, -0.1) is 0 Å². The van der Waals surface area contributed by atoms with Crippen LogP contribution in [0.15, 0.2) is 268 Å². The topological polar surface area (TPSA) is 90.2 Å². The summed E-state index contributed by atoms with van der Waals surface area (Å²) in [7, 11) is 0. The van der Waals surface area contributed by atoms with Crippen LogP contribution in [0.4, 0.5) is 0 Å². The molecule has 4 heterocycles. The van der Waals surface area contributed by atoms with Crippen molar-refractivity contribution in [1.82, 2.24) is 34.9 Å². The van der Waals surface area contributed by atoms with Crippen LogP contribution >= 0.6 is 0 Å². The second-order valence-corrected chi connectivity index (χ2v) is 29.6. The number of hydrogen-bond acceptors (Lipinski definition) is 7. The number of pyridine rings is 1. The third kappa shape index (κ3) is 52.0. The van der Waals surface area contributed by atoms with Crippen LogP contribution in [0, 0.1) is 5.41 Å². The Morgan fingerprint density at radius 3 is 0.826 bits per heavy atom. The highest BCUT2D eigenvalue weighted by Gasteiger charge is 2.19. The molecule has 0 radical (unpaired) electrons. The molecule has 0 N–H and O–H groups in total. The van der Waals surface area contributed by atoms with Crippen molar-refractivity contribution in [3.8, 4) is 56.0 Å². The summed E-state index contributed by atoms with van der Waals surface area (Å²) >= 11 is 0. The molecule has 0 saturated carbocycles. The maximum Gasteiger partial charge on any atom is 0.159 e. The van der Waals surface area contributed by atoms with Crippen LogP contribution in [0.25, 0.3) is 62.1 Å². The van der Waals surface area contributed by atoms with E-state index in [1.165, 1.54) is 44.5 Å². The predicted octanol–water partition coefficient (Wildman–Crippen LogP) is 34.4. The molecule has 115 heavy (non-hydrogen) atoms. The molecule has 11 aromatic rings. The van der Waals surface area contributed by atoms with Crippen molar-refractivity contribution in [2.75, 3.05) is 0 Å². The number of aromatic nitrogens is 7. The van der Waals surface area contributed by atoms with Crippen LogP contribution in [-0.2, 0) is 27.1 Å². The number of rotatable bonds is 7. The van der Waals surface area contributed by atoms with E-state index in [4.69, 9.17) is 0 Å². The fraction of sp³-hybridized carbons (Fsp3) is 0.435. The van der Waals surface area contributed by atoms with Crippen LogP contribution in [-0.4, -0.2) is 34.9 Å². The zero-order chi connectivity index (χ0) is 89.7. The lowest BCUT2D eigenvalue weighted by Gasteiger charge is -2.19. The molecular formula is C108H167N7. The van der Waals surface area contributed by atoms with E-state index in [9.17, 15) is 0 Å². The maximum absolute atomic E-state index is 4.42. The molecule has 0 atom stereocenters. The first-order chi connectivity index (χ1) is 54.9. The predicted molar refractivity (Wildman–Crippen MR) is 522 cm³/mol. The van der Waals surface area contributed by atoms with Crippen LogP contribution in [0.2, 0.25) is 0 Å². The molecule has 0 amide bonds. The van der Waals surface area contributed by atoms with Gasteiger partial charge in [-0.3, -0.25) is 15.0 Å². The second kappa shape index (κ2) is 69.0. The highest BCUT2D eigenvalue weighted by Crippen LogP contribution is 2.30. The first kappa shape index (κ1) is 117. The molecule has 0 fully saturated rings. The molecule has 0 aliphatic rings. The van der Waals surface area contributed by atoms with Gasteiger partial charge in [-0.2, -0.15) is 0 Å². The lowest BCUT2D eigenvalue weighted by atomic mass is 9.86. The number of nitrogens with zero attached hydrogens (tertiary/aromatic N) is 7. The summed E-state index contributed by atoms with van der Waals surface area (Å²) in [5.41, 5.74) is 18.0. The van der Waals surface area contributed by atoms with E-state index in [-0.39, 0.29) is 27.1 Å². The average molecular weight is 1560 g/mol. The van der Waals surface area contributed by atoms with Crippen molar-refractivity contribution in [3.63, 3.8) is 0 Å². The first-order valence-electron chi connectivity index (χ1n) is 43.5. The molecule has 0 saturated heterocycles. The third-order valence-corrected chi connectivity index (χ3v) is 15.1. The summed E-state index contributed by atoms with van der Waals surface area (Å²) in [4.78, 5) is 30.0. The summed E-state index contributed by atoms with van der Waals surface area (Å²) in [6.45, 7) is 83.6. The van der Waals surface area contributed by atoms with Crippen LogP contribution in [0.5, 0.6) is 0 Å². The van der Waals surface area contributed by atoms with Gasteiger partial charge < -0.3 is 0 Å². The van der Waals surface area contributed by atoms with E-state index in [2.05, 4.69) is 305 Å². The summed E-state index contributed by atoms with van der Waals surface area (Å²) in [5.74, 6) is 1.67. The minimum Gasteiger partial charge on any atom is -0.265 e.